The number of carboxylic acids is 2. The minimum Gasteiger partial charge on any atom is -0.478 e. The fourth-order valence-electron chi connectivity index (χ4n) is 2.90. The van der Waals surface area contributed by atoms with Crippen molar-refractivity contribution >= 4 is 34.6 Å². The largest absolute Gasteiger partial charge is 0.478 e. The van der Waals surface area contributed by atoms with E-state index in [-0.39, 0.29) is 6.04 Å². The standard InChI is InChI=1S/C17H13ClN4.C4H4O4/c18-14-3-1-2-12(8-14)17(22-7-6-19-11-22)13-4-5-15-16(9-13)21-10-20-15;5-3(6)1-2-4(7)8/h1-11,17H,(H,20,21);1-2H,(H,5,6)(H,7,8). The van der Waals surface area contributed by atoms with Crippen LogP contribution >= 0.6 is 11.6 Å². The summed E-state index contributed by atoms with van der Waals surface area (Å²) in [5.74, 6) is -2.51. The number of aromatic amines is 1. The lowest BCUT2D eigenvalue weighted by atomic mass is 9.98. The summed E-state index contributed by atoms with van der Waals surface area (Å²) in [6.07, 6.45) is 8.39. The van der Waals surface area contributed by atoms with Gasteiger partial charge in [0.1, 0.15) is 0 Å². The number of fused-ring (bicyclic) bond motifs is 1. The molecular weight excluding hydrogens is 408 g/mol. The summed E-state index contributed by atoms with van der Waals surface area (Å²) in [7, 11) is 0. The van der Waals surface area contributed by atoms with E-state index in [1.165, 1.54) is 0 Å². The first-order chi connectivity index (χ1) is 14.4. The van der Waals surface area contributed by atoms with Crippen molar-refractivity contribution in [3.05, 3.63) is 95.8 Å². The van der Waals surface area contributed by atoms with Crippen molar-refractivity contribution in [1.82, 2.24) is 19.5 Å². The van der Waals surface area contributed by atoms with E-state index in [1.54, 1.807) is 12.5 Å². The van der Waals surface area contributed by atoms with Gasteiger partial charge < -0.3 is 19.8 Å². The van der Waals surface area contributed by atoms with E-state index >= 15 is 0 Å². The average molecular weight is 425 g/mol. The molecule has 2 aromatic heterocycles. The Morgan fingerprint density at radius 2 is 1.80 bits per heavy atom. The second kappa shape index (κ2) is 9.53. The summed E-state index contributed by atoms with van der Waals surface area (Å²) in [4.78, 5) is 30.7. The molecule has 9 heteroatoms. The lowest BCUT2D eigenvalue weighted by Gasteiger charge is -2.20. The minimum atomic E-state index is -1.26. The molecule has 0 saturated carbocycles. The Balaban J connectivity index is 0.000000275. The van der Waals surface area contributed by atoms with E-state index in [0.717, 1.165) is 27.2 Å². The van der Waals surface area contributed by atoms with E-state index < -0.39 is 11.9 Å². The fraction of sp³-hybridized carbons (Fsp3) is 0.0476. The molecule has 0 amide bonds. The van der Waals surface area contributed by atoms with E-state index in [4.69, 9.17) is 21.8 Å². The lowest BCUT2D eigenvalue weighted by molar-refractivity contribution is -0.134. The van der Waals surface area contributed by atoms with Crippen molar-refractivity contribution < 1.29 is 19.8 Å². The van der Waals surface area contributed by atoms with Gasteiger partial charge in [0.2, 0.25) is 0 Å². The maximum atomic E-state index is 9.55. The molecule has 1 unspecified atom stereocenters. The van der Waals surface area contributed by atoms with Gasteiger partial charge >= 0.3 is 11.9 Å². The van der Waals surface area contributed by atoms with Gasteiger partial charge in [-0.15, -0.1) is 0 Å². The third-order valence-corrected chi connectivity index (χ3v) is 4.35. The number of benzene rings is 2. The number of hydrogen-bond acceptors (Lipinski definition) is 4. The molecule has 3 N–H and O–H groups in total. The number of carbonyl (C=O) groups is 2. The zero-order chi connectivity index (χ0) is 21.5. The molecule has 0 aliphatic carbocycles. The maximum absolute atomic E-state index is 9.55. The monoisotopic (exact) mass is 424 g/mol. The molecule has 0 radical (unpaired) electrons. The lowest BCUT2D eigenvalue weighted by Crippen LogP contribution is -2.10. The van der Waals surface area contributed by atoms with Crippen molar-refractivity contribution in [2.45, 2.75) is 6.04 Å². The molecule has 4 aromatic rings. The van der Waals surface area contributed by atoms with Crippen LogP contribution in [0.2, 0.25) is 5.02 Å². The number of rotatable bonds is 5. The number of aliphatic carboxylic acids is 2. The van der Waals surface area contributed by atoms with Crippen LogP contribution in [0.1, 0.15) is 17.2 Å². The summed E-state index contributed by atoms with van der Waals surface area (Å²) in [5, 5.41) is 16.4. The van der Waals surface area contributed by atoms with Crippen molar-refractivity contribution in [2.24, 2.45) is 0 Å². The SMILES string of the molecule is Clc1cccc(C(c2ccc3nc[nH]c3c2)n2ccnc2)c1.O=C(O)C=CC(=O)O. The summed E-state index contributed by atoms with van der Waals surface area (Å²) in [5.41, 5.74) is 4.24. The first-order valence-electron chi connectivity index (χ1n) is 8.74. The third-order valence-electron chi connectivity index (χ3n) is 4.12. The molecule has 0 bridgehead atoms. The second-order valence-electron chi connectivity index (χ2n) is 6.16. The molecule has 0 saturated heterocycles. The second-order valence-corrected chi connectivity index (χ2v) is 6.59. The summed E-state index contributed by atoms with van der Waals surface area (Å²) >= 11 is 6.17. The first kappa shape index (κ1) is 20.8. The Morgan fingerprint density at radius 1 is 1.07 bits per heavy atom. The molecule has 0 aliphatic rings. The molecule has 152 valence electrons. The first-order valence-corrected chi connectivity index (χ1v) is 9.11. The van der Waals surface area contributed by atoms with Crippen LogP contribution in [0, 0.1) is 0 Å². The highest BCUT2D eigenvalue weighted by Crippen LogP contribution is 2.29. The van der Waals surface area contributed by atoms with Crippen LogP contribution in [0.25, 0.3) is 11.0 Å². The quantitative estimate of drug-likeness (QED) is 0.419. The summed E-state index contributed by atoms with van der Waals surface area (Å²) in [6, 6.07) is 14.2. The number of aromatic nitrogens is 4. The zero-order valence-electron chi connectivity index (χ0n) is 15.5. The zero-order valence-corrected chi connectivity index (χ0v) is 16.3. The summed E-state index contributed by atoms with van der Waals surface area (Å²) in [6.45, 7) is 0. The van der Waals surface area contributed by atoms with Crippen LogP contribution in [-0.2, 0) is 9.59 Å². The van der Waals surface area contributed by atoms with Gasteiger partial charge in [-0.3, -0.25) is 0 Å². The van der Waals surface area contributed by atoms with Crippen LogP contribution in [0.15, 0.2) is 79.7 Å². The number of nitrogens with one attached hydrogen (secondary N) is 1. The molecular formula is C21H17ClN4O4. The predicted octanol–water partition coefficient (Wildman–Crippen LogP) is 3.76. The van der Waals surface area contributed by atoms with Gasteiger partial charge in [0.05, 0.1) is 29.7 Å². The number of hydrogen-bond donors (Lipinski definition) is 3. The number of imidazole rings is 2. The molecule has 0 spiro atoms. The maximum Gasteiger partial charge on any atom is 0.328 e. The molecule has 2 heterocycles. The number of halogens is 1. The Kier molecular flexibility index (Phi) is 6.61. The number of H-pyrrole nitrogens is 1. The average Bonchev–Trinajstić information content (AvgIpc) is 3.39. The van der Waals surface area contributed by atoms with Gasteiger partial charge in [0, 0.05) is 29.6 Å². The third kappa shape index (κ3) is 5.33. The summed E-state index contributed by atoms with van der Waals surface area (Å²) < 4.78 is 2.07. The number of carboxylic acid groups (broad SMARTS) is 2. The highest BCUT2D eigenvalue weighted by atomic mass is 35.5. The van der Waals surface area contributed by atoms with Gasteiger partial charge in [0.15, 0.2) is 0 Å². The molecule has 0 aliphatic heterocycles. The van der Waals surface area contributed by atoms with Gasteiger partial charge in [-0.05, 0) is 35.4 Å². The van der Waals surface area contributed by atoms with Crippen molar-refractivity contribution in [1.29, 1.82) is 0 Å². The van der Waals surface area contributed by atoms with Crippen molar-refractivity contribution in [2.75, 3.05) is 0 Å². The van der Waals surface area contributed by atoms with E-state index in [9.17, 15) is 9.59 Å². The van der Waals surface area contributed by atoms with Gasteiger partial charge in [-0.25, -0.2) is 19.6 Å². The van der Waals surface area contributed by atoms with Crippen LogP contribution in [0.3, 0.4) is 0 Å². The predicted molar refractivity (Wildman–Crippen MR) is 111 cm³/mol. The smallest absolute Gasteiger partial charge is 0.328 e. The Hall–Kier alpha value is -3.91. The normalized spacial score (nSPS) is 11.8. The van der Waals surface area contributed by atoms with Gasteiger partial charge in [-0.1, -0.05) is 29.8 Å². The molecule has 30 heavy (non-hydrogen) atoms. The van der Waals surface area contributed by atoms with E-state index in [2.05, 4.69) is 37.7 Å². The van der Waals surface area contributed by atoms with Crippen LogP contribution in [-0.4, -0.2) is 41.7 Å². The molecule has 0 fully saturated rings. The fourth-order valence-corrected chi connectivity index (χ4v) is 3.10. The van der Waals surface area contributed by atoms with E-state index in [1.807, 2.05) is 36.8 Å². The van der Waals surface area contributed by atoms with Crippen LogP contribution in [0.5, 0.6) is 0 Å². The van der Waals surface area contributed by atoms with Crippen molar-refractivity contribution in [3.63, 3.8) is 0 Å². The molecule has 8 nitrogen and oxygen atoms in total. The van der Waals surface area contributed by atoms with Crippen LogP contribution < -0.4 is 0 Å². The van der Waals surface area contributed by atoms with Gasteiger partial charge in [-0.2, -0.15) is 0 Å². The Labute approximate surface area is 176 Å². The Bertz CT molecular complexity index is 1170. The van der Waals surface area contributed by atoms with Gasteiger partial charge in [0.25, 0.3) is 0 Å². The molecule has 4 rings (SSSR count). The van der Waals surface area contributed by atoms with Crippen molar-refractivity contribution in [3.8, 4) is 0 Å². The Morgan fingerprint density at radius 3 is 2.43 bits per heavy atom. The minimum absolute atomic E-state index is 0.0221. The number of nitrogens with zero attached hydrogens (tertiary/aromatic N) is 3. The van der Waals surface area contributed by atoms with E-state index in [0.29, 0.717) is 12.2 Å². The molecule has 2 aromatic carbocycles. The van der Waals surface area contributed by atoms with Crippen LogP contribution in [0.4, 0.5) is 0 Å². The topological polar surface area (TPSA) is 121 Å². The highest BCUT2D eigenvalue weighted by Gasteiger charge is 2.17. The molecule has 1 atom stereocenters. The highest BCUT2D eigenvalue weighted by molar-refractivity contribution is 6.30.